The maximum absolute atomic E-state index is 12.4. The van der Waals surface area contributed by atoms with Crippen molar-refractivity contribution in [2.24, 2.45) is 11.7 Å². The molecule has 3 nitrogen and oxygen atoms in total. The topological polar surface area (TPSA) is 46.3 Å². The third-order valence-electron chi connectivity index (χ3n) is 5.22. The van der Waals surface area contributed by atoms with E-state index in [1.807, 2.05) is 0 Å². The number of amides is 1. The van der Waals surface area contributed by atoms with E-state index in [0.29, 0.717) is 12.5 Å². The molecule has 0 radical (unpaired) electrons. The molecule has 2 N–H and O–H groups in total. The van der Waals surface area contributed by atoms with E-state index in [1.54, 1.807) is 0 Å². The number of carbonyl (C=O) groups excluding carboxylic acids is 1. The van der Waals surface area contributed by atoms with Gasteiger partial charge in [0.05, 0.1) is 5.54 Å². The first-order valence-electron chi connectivity index (χ1n) is 8.16. The second kappa shape index (κ2) is 6.74. The Hall–Kier alpha value is -0.570. The van der Waals surface area contributed by atoms with E-state index in [-0.39, 0.29) is 5.54 Å². The minimum absolute atomic E-state index is 0.0807. The van der Waals surface area contributed by atoms with Gasteiger partial charge in [-0.3, -0.25) is 4.79 Å². The predicted octanol–water partition coefficient (Wildman–Crippen LogP) is 3.08. The molecule has 3 heteroatoms. The van der Waals surface area contributed by atoms with Gasteiger partial charge in [-0.2, -0.15) is 0 Å². The van der Waals surface area contributed by atoms with Gasteiger partial charge in [-0.05, 0) is 44.9 Å². The Bertz CT molecular complexity index is 299. The lowest BCUT2D eigenvalue weighted by atomic mass is 9.88. The quantitative estimate of drug-likeness (QED) is 0.831. The lowest BCUT2D eigenvalue weighted by Gasteiger charge is -2.44. The molecule has 0 aromatic rings. The van der Waals surface area contributed by atoms with Gasteiger partial charge in [0.1, 0.15) is 0 Å². The van der Waals surface area contributed by atoms with Crippen molar-refractivity contribution in [3.8, 4) is 0 Å². The maximum atomic E-state index is 12.4. The molecule has 0 spiro atoms. The summed E-state index contributed by atoms with van der Waals surface area (Å²) in [5.74, 6) is 1.24. The number of nitrogens with zero attached hydrogens (tertiary/aromatic N) is 1. The average Bonchev–Trinajstić information content (AvgIpc) is 2.92. The van der Waals surface area contributed by atoms with Crippen molar-refractivity contribution in [2.75, 3.05) is 13.1 Å². The Morgan fingerprint density at radius 3 is 2.68 bits per heavy atom. The Labute approximate surface area is 117 Å². The monoisotopic (exact) mass is 266 g/mol. The van der Waals surface area contributed by atoms with E-state index >= 15 is 0 Å². The fraction of sp³-hybridized carbons (Fsp3) is 0.938. The molecular formula is C16H30N2O. The highest BCUT2D eigenvalue weighted by Gasteiger charge is 2.35. The highest BCUT2D eigenvalue weighted by atomic mass is 16.2. The summed E-state index contributed by atoms with van der Waals surface area (Å²) in [6, 6.07) is 0. The van der Waals surface area contributed by atoms with Crippen molar-refractivity contribution >= 4 is 5.91 Å². The van der Waals surface area contributed by atoms with Crippen molar-refractivity contribution in [3.63, 3.8) is 0 Å². The van der Waals surface area contributed by atoms with Crippen LogP contribution < -0.4 is 5.73 Å². The molecule has 1 amide bonds. The van der Waals surface area contributed by atoms with Crippen LogP contribution in [0.25, 0.3) is 0 Å². The van der Waals surface area contributed by atoms with Crippen LogP contribution in [0.15, 0.2) is 0 Å². The van der Waals surface area contributed by atoms with E-state index in [0.717, 1.165) is 38.1 Å². The third kappa shape index (κ3) is 3.71. The molecule has 0 aromatic carbocycles. The first-order chi connectivity index (χ1) is 9.15. The van der Waals surface area contributed by atoms with Crippen molar-refractivity contribution < 1.29 is 4.79 Å². The Balaban J connectivity index is 1.77. The molecule has 1 aliphatic heterocycles. The van der Waals surface area contributed by atoms with Gasteiger partial charge in [0.15, 0.2) is 0 Å². The summed E-state index contributed by atoms with van der Waals surface area (Å²) >= 11 is 0. The molecular weight excluding hydrogens is 236 g/mol. The van der Waals surface area contributed by atoms with Crippen LogP contribution >= 0.6 is 0 Å². The largest absolute Gasteiger partial charge is 0.336 e. The summed E-state index contributed by atoms with van der Waals surface area (Å²) in [5.41, 5.74) is 5.82. The summed E-state index contributed by atoms with van der Waals surface area (Å²) < 4.78 is 0. The summed E-state index contributed by atoms with van der Waals surface area (Å²) in [6.07, 6.45) is 12.0. The summed E-state index contributed by atoms with van der Waals surface area (Å²) in [5, 5.41) is 0. The smallest absolute Gasteiger partial charge is 0.223 e. The lowest BCUT2D eigenvalue weighted by Crippen LogP contribution is -2.56. The molecule has 1 aliphatic carbocycles. The minimum atomic E-state index is -0.0807. The highest BCUT2D eigenvalue weighted by Crippen LogP contribution is 2.30. The van der Waals surface area contributed by atoms with Gasteiger partial charge in [0.2, 0.25) is 5.91 Å². The number of likely N-dealkylation sites (tertiary alicyclic amines) is 1. The van der Waals surface area contributed by atoms with Crippen LogP contribution in [0, 0.1) is 5.92 Å². The van der Waals surface area contributed by atoms with Gasteiger partial charge >= 0.3 is 0 Å². The van der Waals surface area contributed by atoms with Crippen molar-refractivity contribution in [1.82, 2.24) is 4.90 Å². The maximum Gasteiger partial charge on any atom is 0.223 e. The second-order valence-corrected chi connectivity index (χ2v) is 6.75. The molecule has 1 saturated heterocycles. The summed E-state index contributed by atoms with van der Waals surface area (Å²) in [7, 11) is 0. The average molecular weight is 266 g/mol. The fourth-order valence-corrected chi connectivity index (χ4v) is 3.79. The number of nitrogens with two attached hydrogens (primary N) is 1. The van der Waals surface area contributed by atoms with Gasteiger partial charge < -0.3 is 10.6 Å². The Morgan fingerprint density at radius 2 is 2.00 bits per heavy atom. The first-order valence-corrected chi connectivity index (χ1v) is 8.16. The molecule has 2 fully saturated rings. The molecule has 1 unspecified atom stereocenters. The normalized spacial score (nSPS) is 28.8. The van der Waals surface area contributed by atoms with E-state index < -0.39 is 0 Å². The highest BCUT2D eigenvalue weighted by molar-refractivity contribution is 5.77. The van der Waals surface area contributed by atoms with Gasteiger partial charge in [0.25, 0.3) is 0 Å². The van der Waals surface area contributed by atoms with Crippen LogP contribution in [0.5, 0.6) is 0 Å². The Kier molecular flexibility index (Phi) is 5.26. The predicted molar refractivity (Wildman–Crippen MR) is 78.8 cm³/mol. The van der Waals surface area contributed by atoms with Crippen LogP contribution in [0.1, 0.15) is 71.1 Å². The van der Waals surface area contributed by atoms with Crippen LogP contribution in [-0.2, 0) is 4.79 Å². The Morgan fingerprint density at radius 1 is 1.26 bits per heavy atom. The van der Waals surface area contributed by atoms with Crippen LogP contribution in [0.2, 0.25) is 0 Å². The zero-order valence-electron chi connectivity index (χ0n) is 12.5. The molecule has 2 rings (SSSR count). The van der Waals surface area contributed by atoms with Crippen molar-refractivity contribution in [2.45, 2.75) is 76.7 Å². The van der Waals surface area contributed by atoms with E-state index in [2.05, 4.69) is 11.8 Å². The van der Waals surface area contributed by atoms with Crippen molar-refractivity contribution in [1.29, 1.82) is 0 Å². The third-order valence-corrected chi connectivity index (χ3v) is 5.22. The van der Waals surface area contributed by atoms with Crippen molar-refractivity contribution in [3.05, 3.63) is 0 Å². The molecule has 1 atom stereocenters. The number of hydrogen-bond acceptors (Lipinski definition) is 2. The zero-order chi connectivity index (χ0) is 13.7. The molecule has 0 bridgehead atoms. The van der Waals surface area contributed by atoms with Gasteiger partial charge in [-0.25, -0.2) is 0 Å². The van der Waals surface area contributed by atoms with Gasteiger partial charge in [-0.1, -0.05) is 25.7 Å². The van der Waals surface area contributed by atoms with Gasteiger partial charge in [0, 0.05) is 19.5 Å². The molecule has 2 aliphatic rings. The minimum Gasteiger partial charge on any atom is -0.336 e. The lowest BCUT2D eigenvalue weighted by molar-refractivity contribution is -0.139. The van der Waals surface area contributed by atoms with Crippen LogP contribution in [-0.4, -0.2) is 29.4 Å². The van der Waals surface area contributed by atoms with E-state index in [9.17, 15) is 4.79 Å². The SMILES string of the molecule is CC1(CN)CCCCN1C(=O)CCCC1CCCC1. The van der Waals surface area contributed by atoms with Crippen LogP contribution in [0.3, 0.4) is 0 Å². The number of carbonyl (C=O) groups is 1. The summed E-state index contributed by atoms with van der Waals surface area (Å²) in [6.45, 7) is 3.67. The molecule has 0 aromatic heterocycles. The standard InChI is InChI=1S/C16H30N2O/c1-16(13-17)11-4-5-12-18(16)15(19)10-6-9-14-7-2-3-8-14/h14H,2-13,17H2,1H3. The zero-order valence-corrected chi connectivity index (χ0v) is 12.5. The molecule has 1 saturated carbocycles. The van der Waals surface area contributed by atoms with E-state index in [1.165, 1.54) is 38.5 Å². The second-order valence-electron chi connectivity index (χ2n) is 6.75. The first kappa shape index (κ1) is 14.8. The molecule has 110 valence electrons. The number of rotatable bonds is 5. The number of piperidine rings is 1. The summed E-state index contributed by atoms with van der Waals surface area (Å²) in [4.78, 5) is 14.5. The fourth-order valence-electron chi connectivity index (χ4n) is 3.79. The molecule has 19 heavy (non-hydrogen) atoms. The number of hydrogen-bond donors (Lipinski definition) is 1. The molecule has 1 heterocycles. The van der Waals surface area contributed by atoms with Crippen LogP contribution in [0.4, 0.5) is 0 Å². The van der Waals surface area contributed by atoms with Gasteiger partial charge in [-0.15, -0.1) is 0 Å². The van der Waals surface area contributed by atoms with E-state index in [4.69, 9.17) is 5.73 Å².